The monoisotopic (exact) mass is 346 g/mol. The van der Waals surface area contributed by atoms with Gasteiger partial charge in [0.1, 0.15) is 22.0 Å². The molecule has 7 heteroatoms. The van der Waals surface area contributed by atoms with Crippen molar-refractivity contribution < 1.29 is 21.8 Å². The van der Waals surface area contributed by atoms with Gasteiger partial charge in [0, 0.05) is 17.5 Å². The van der Waals surface area contributed by atoms with Crippen LogP contribution in [-0.2, 0) is 10.1 Å². The molecular formula is C17H14O6S. The van der Waals surface area contributed by atoms with Crippen LogP contribution < -0.4 is 14.5 Å². The van der Waals surface area contributed by atoms with E-state index in [-0.39, 0.29) is 16.2 Å². The highest BCUT2D eigenvalue weighted by atomic mass is 32.2. The van der Waals surface area contributed by atoms with Crippen LogP contribution >= 0.6 is 0 Å². The molecule has 24 heavy (non-hydrogen) atoms. The standard InChI is InChI=1S/C17H14O6S/c1-2-21-13-6-8-15(9-7-13)24(19,20)23-14-5-3-12-4-10-17(18)22-16(12)11-14/h3-11H,2H2,1H3. The molecule has 0 N–H and O–H groups in total. The first-order valence-corrected chi connectivity index (χ1v) is 8.60. The largest absolute Gasteiger partial charge is 0.494 e. The summed E-state index contributed by atoms with van der Waals surface area (Å²) in [5.74, 6) is 0.634. The lowest BCUT2D eigenvalue weighted by Gasteiger charge is -2.08. The first-order valence-electron chi connectivity index (χ1n) is 7.19. The predicted octanol–water partition coefficient (Wildman–Crippen LogP) is 2.96. The third kappa shape index (κ3) is 3.41. The molecule has 0 aliphatic carbocycles. The van der Waals surface area contributed by atoms with E-state index in [1.807, 2.05) is 6.92 Å². The van der Waals surface area contributed by atoms with E-state index >= 15 is 0 Å². The first-order chi connectivity index (χ1) is 11.5. The van der Waals surface area contributed by atoms with Crippen molar-refractivity contribution in [3.05, 3.63) is 65.0 Å². The molecule has 6 nitrogen and oxygen atoms in total. The lowest BCUT2D eigenvalue weighted by Crippen LogP contribution is -2.09. The zero-order valence-corrected chi connectivity index (χ0v) is 13.6. The van der Waals surface area contributed by atoms with Gasteiger partial charge in [-0.05, 0) is 49.4 Å². The fourth-order valence-electron chi connectivity index (χ4n) is 2.14. The number of hydrogen-bond donors (Lipinski definition) is 0. The Balaban J connectivity index is 1.89. The van der Waals surface area contributed by atoms with Crippen molar-refractivity contribution in [3.8, 4) is 11.5 Å². The molecule has 3 rings (SSSR count). The predicted molar refractivity (Wildman–Crippen MR) is 87.9 cm³/mol. The molecule has 0 aliphatic heterocycles. The SMILES string of the molecule is CCOc1ccc(S(=O)(=O)Oc2ccc3ccc(=O)oc3c2)cc1. The molecule has 1 heterocycles. The molecule has 0 saturated carbocycles. The van der Waals surface area contributed by atoms with Crippen molar-refractivity contribution in [2.75, 3.05) is 6.61 Å². The molecule has 1 aromatic heterocycles. The minimum Gasteiger partial charge on any atom is -0.494 e. The minimum atomic E-state index is -4.00. The van der Waals surface area contributed by atoms with Gasteiger partial charge in [0.15, 0.2) is 0 Å². The molecule has 0 spiro atoms. The molecule has 0 fully saturated rings. The summed E-state index contributed by atoms with van der Waals surface area (Å²) >= 11 is 0. The van der Waals surface area contributed by atoms with Crippen molar-refractivity contribution in [1.82, 2.24) is 0 Å². The maximum absolute atomic E-state index is 12.3. The van der Waals surface area contributed by atoms with Gasteiger partial charge in [0.05, 0.1) is 6.61 Å². The van der Waals surface area contributed by atoms with Gasteiger partial charge in [0.2, 0.25) is 0 Å². The van der Waals surface area contributed by atoms with Gasteiger partial charge in [-0.2, -0.15) is 8.42 Å². The van der Waals surface area contributed by atoms with Crippen molar-refractivity contribution in [2.45, 2.75) is 11.8 Å². The summed E-state index contributed by atoms with van der Waals surface area (Å²) in [6.45, 7) is 2.33. The van der Waals surface area contributed by atoms with E-state index in [0.29, 0.717) is 17.7 Å². The summed E-state index contributed by atoms with van der Waals surface area (Å²) in [7, 11) is -4.00. The molecule has 124 valence electrons. The van der Waals surface area contributed by atoms with Crippen LogP contribution in [0.5, 0.6) is 11.5 Å². The van der Waals surface area contributed by atoms with Gasteiger partial charge in [-0.3, -0.25) is 0 Å². The van der Waals surface area contributed by atoms with Gasteiger partial charge in [-0.15, -0.1) is 0 Å². The lowest BCUT2D eigenvalue weighted by molar-refractivity contribution is 0.340. The third-order valence-electron chi connectivity index (χ3n) is 3.22. The number of fused-ring (bicyclic) bond motifs is 1. The summed E-state index contributed by atoms with van der Waals surface area (Å²) in [5.41, 5.74) is -0.268. The molecular weight excluding hydrogens is 332 g/mol. The normalized spacial score (nSPS) is 11.4. The minimum absolute atomic E-state index is 0.000523. The highest BCUT2D eigenvalue weighted by molar-refractivity contribution is 7.87. The van der Waals surface area contributed by atoms with E-state index in [0.717, 1.165) is 0 Å². The Morgan fingerprint density at radius 1 is 0.958 bits per heavy atom. The van der Waals surface area contributed by atoms with E-state index in [2.05, 4.69) is 0 Å². The summed E-state index contributed by atoms with van der Waals surface area (Å²) in [6, 6.07) is 13.3. The van der Waals surface area contributed by atoms with Gasteiger partial charge < -0.3 is 13.3 Å². The van der Waals surface area contributed by atoms with Crippen LogP contribution in [0.1, 0.15) is 6.92 Å². The number of ether oxygens (including phenoxy) is 1. The summed E-state index contributed by atoms with van der Waals surface area (Å²) in [5, 5.41) is 0.667. The van der Waals surface area contributed by atoms with E-state index in [1.165, 1.54) is 30.3 Å². The fraction of sp³-hybridized carbons (Fsp3) is 0.118. The Kier molecular flexibility index (Phi) is 4.26. The topological polar surface area (TPSA) is 82.8 Å². The van der Waals surface area contributed by atoms with Gasteiger partial charge in [-0.25, -0.2) is 4.79 Å². The maximum atomic E-state index is 12.3. The zero-order chi connectivity index (χ0) is 17.2. The highest BCUT2D eigenvalue weighted by Gasteiger charge is 2.17. The van der Waals surface area contributed by atoms with Crippen molar-refractivity contribution in [1.29, 1.82) is 0 Å². The molecule has 0 saturated heterocycles. The van der Waals surface area contributed by atoms with Crippen LogP contribution in [0, 0.1) is 0 Å². The van der Waals surface area contributed by atoms with E-state index in [9.17, 15) is 13.2 Å². The van der Waals surface area contributed by atoms with Crippen LogP contribution in [-0.4, -0.2) is 15.0 Å². The van der Waals surface area contributed by atoms with Crippen molar-refractivity contribution >= 4 is 21.1 Å². The summed E-state index contributed by atoms with van der Waals surface area (Å²) < 4.78 is 40.0. The highest BCUT2D eigenvalue weighted by Crippen LogP contribution is 2.24. The second-order valence-electron chi connectivity index (χ2n) is 4.90. The summed E-state index contributed by atoms with van der Waals surface area (Å²) in [4.78, 5) is 11.2. The van der Waals surface area contributed by atoms with Crippen LogP contribution in [0.4, 0.5) is 0 Å². The second kappa shape index (κ2) is 6.37. The molecule has 2 aromatic carbocycles. The van der Waals surface area contributed by atoms with E-state index in [1.54, 1.807) is 24.3 Å². The Morgan fingerprint density at radius 2 is 1.62 bits per heavy atom. The molecule has 0 aliphatic rings. The number of benzene rings is 2. The number of rotatable bonds is 5. The summed E-state index contributed by atoms with van der Waals surface area (Å²) in [6.07, 6.45) is 0. The zero-order valence-electron chi connectivity index (χ0n) is 12.8. The van der Waals surface area contributed by atoms with Crippen molar-refractivity contribution in [3.63, 3.8) is 0 Å². The molecule has 0 amide bonds. The molecule has 0 bridgehead atoms. The second-order valence-corrected chi connectivity index (χ2v) is 6.44. The van der Waals surface area contributed by atoms with Crippen LogP contribution in [0.25, 0.3) is 11.0 Å². The van der Waals surface area contributed by atoms with Crippen LogP contribution in [0.2, 0.25) is 0 Å². The smallest absolute Gasteiger partial charge is 0.339 e. The quantitative estimate of drug-likeness (QED) is 0.522. The molecule has 3 aromatic rings. The van der Waals surface area contributed by atoms with Crippen LogP contribution in [0.3, 0.4) is 0 Å². The molecule has 0 unspecified atom stereocenters. The Morgan fingerprint density at radius 3 is 2.33 bits per heavy atom. The van der Waals surface area contributed by atoms with E-state index in [4.69, 9.17) is 13.3 Å². The lowest BCUT2D eigenvalue weighted by atomic mass is 10.2. The fourth-order valence-corrected chi connectivity index (χ4v) is 3.06. The average Bonchev–Trinajstić information content (AvgIpc) is 2.55. The Bertz CT molecular complexity index is 1020. The van der Waals surface area contributed by atoms with Gasteiger partial charge >= 0.3 is 15.7 Å². The Hall–Kier alpha value is -2.80. The van der Waals surface area contributed by atoms with Crippen LogP contribution in [0.15, 0.2) is 68.7 Å². The van der Waals surface area contributed by atoms with Crippen molar-refractivity contribution in [2.24, 2.45) is 0 Å². The Labute approximate surface area is 138 Å². The third-order valence-corrected chi connectivity index (χ3v) is 4.49. The first kappa shape index (κ1) is 16.1. The molecule has 0 atom stereocenters. The average molecular weight is 346 g/mol. The van der Waals surface area contributed by atoms with Gasteiger partial charge in [-0.1, -0.05) is 0 Å². The van der Waals surface area contributed by atoms with Gasteiger partial charge in [0.25, 0.3) is 0 Å². The molecule has 0 radical (unpaired) electrons. The van der Waals surface area contributed by atoms with E-state index < -0.39 is 15.7 Å². The number of hydrogen-bond acceptors (Lipinski definition) is 6. The maximum Gasteiger partial charge on any atom is 0.339 e.